The van der Waals surface area contributed by atoms with Gasteiger partial charge in [0.1, 0.15) is 23.8 Å². The highest BCUT2D eigenvalue weighted by atomic mass is 16.1. The number of carbonyl (C=O) groups is 1. The van der Waals surface area contributed by atoms with Crippen molar-refractivity contribution in [2.75, 3.05) is 10.6 Å². The molecule has 0 fully saturated rings. The van der Waals surface area contributed by atoms with Crippen molar-refractivity contribution >= 4 is 28.6 Å². The molecule has 0 aliphatic carbocycles. The molecular formula is C23H19N7O. The van der Waals surface area contributed by atoms with Crippen molar-refractivity contribution in [1.29, 1.82) is 0 Å². The van der Waals surface area contributed by atoms with E-state index in [9.17, 15) is 4.79 Å². The highest BCUT2D eigenvalue weighted by Crippen LogP contribution is 2.20. The fraction of sp³-hybridized carbons (Fsp3) is 0.0435. The summed E-state index contributed by atoms with van der Waals surface area (Å²) >= 11 is 0. The minimum absolute atomic E-state index is 0.152. The molecule has 4 aromatic heterocycles. The molecule has 152 valence electrons. The van der Waals surface area contributed by atoms with E-state index < -0.39 is 0 Å². The van der Waals surface area contributed by atoms with Crippen LogP contribution in [-0.2, 0) is 0 Å². The van der Waals surface area contributed by atoms with Crippen LogP contribution in [0.3, 0.4) is 0 Å². The molecule has 0 unspecified atom stereocenters. The zero-order valence-electron chi connectivity index (χ0n) is 16.7. The number of nitrogens with one attached hydrogen (secondary N) is 2. The van der Waals surface area contributed by atoms with E-state index in [4.69, 9.17) is 0 Å². The van der Waals surface area contributed by atoms with Crippen LogP contribution < -0.4 is 10.6 Å². The van der Waals surface area contributed by atoms with Gasteiger partial charge in [-0.1, -0.05) is 6.07 Å². The van der Waals surface area contributed by atoms with Gasteiger partial charge >= 0.3 is 0 Å². The Morgan fingerprint density at radius 2 is 1.81 bits per heavy atom. The van der Waals surface area contributed by atoms with Crippen molar-refractivity contribution in [2.45, 2.75) is 6.92 Å². The maximum absolute atomic E-state index is 12.6. The lowest BCUT2D eigenvalue weighted by molar-refractivity contribution is 0.102. The topological polar surface area (TPSA) is 89.1 Å². The predicted molar refractivity (Wildman–Crippen MR) is 119 cm³/mol. The number of benzene rings is 1. The molecule has 31 heavy (non-hydrogen) atoms. The molecule has 8 heteroatoms. The van der Waals surface area contributed by atoms with E-state index in [-0.39, 0.29) is 5.91 Å². The Hall–Kier alpha value is -4.46. The van der Waals surface area contributed by atoms with E-state index in [2.05, 4.69) is 25.6 Å². The number of hydrogen-bond acceptors (Lipinski definition) is 5. The molecule has 0 atom stereocenters. The number of amides is 1. The van der Waals surface area contributed by atoms with Gasteiger partial charge in [-0.15, -0.1) is 0 Å². The summed E-state index contributed by atoms with van der Waals surface area (Å²) in [6.07, 6.45) is 8.96. The van der Waals surface area contributed by atoms with E-state index >= 15 is 0 Å². The van der Waals surface area contributed by atoms with Crippen LogP contribution in [0.4, 0.5) is 17.2 Å². The van der Waals surface area contributed by atoms with Gasteiger partial charge in [-0.25, -0.2) is 15.0 Å². The van der Waals surface area contributed by atoms with Crippen molar-refractivity contribution in [3.8, 4) is 5.82 Å². The minimum Gasteiger partial charge on any atom is -0.340 e. The summed E-state index contributed by atoms with van der Waals surface area (Å²) in [5.74, 6) is 1.91. The average molecular weight is 409 g/mol. The first kappa shape index (κ1) is 18.6. The molecule has 1 aromatic carbocycles. The van der Waals surface area contributed by atoms with Gasteiger partial charge in [-0.3, -0.25) is 9.36 Å². The van der Waals surface area contributed by atoms with Crippen molar-refractivity contribution in [1.82, 2.24) is 23.9 Å². The van der Waals surface area contributed by atoms with Crippen LogP contribution in [0.1, 0.15) is 16.2 Å². The van der Waals surface area contributed by atoms with E-state index in [0.29, 0.717) is 22.9 Å². The minimum atomic E-state index is -0.152. The molecule has 8 nitrogen and oxygen atoms in total. The molecular weight excluding hydrogens is 390 g/mol. The van der Waals surface area contributed by atoms with Crippen LogP contribution in [0.25, 0.3) is 11.3 Å². The molecule has 0 saturated carbocycles. The Morgan fingerprint density at radius 3 is 2.58 bits per heavy atom. The Morgan fingerprint density at radius 1 is 0.968 bits per heavy atom. The normalized spacial score (nSPS) is 10.9. The van der Waals surface area contributed by atoms with Crippen molar-refractivity contribution in [3.63, 3.8) is 0 Å². The Labute approximate surface area is 178 Å². The summed E-state index contributed by atoms with van der Waals surface area (Å²) in [5, 5.41) is 6.21. The van der Waals surface area contributed by atoms with Crippen LogP contribution in [0.15, 0.2) is 85.7 Å². The molecule has 0 bridgehead atoms. The number of hydrogen-bond donors (Lipinski definition) is 2. The maximum Gasteiger partial charge on any atom is 0.257 e. The number of nitrogens with zero attached hydrogens (tertiary/aromatic N) is 5. The Balaban J connectivity index is 1.29. The second-order valence-electron chi connectivity index (χ2n) is 7.05. The largest absolute Gasteiger partial charge is 0.340 e. The second-order valence-corrected chi connectivity index (χ2v) is 7.05. The van der Waals surface area contributed by atoms with Crippen molar-refractivity contribution in [2.24, 2.45) is 0 Å². The Kier molecular flexibility index (Phi) is 4.64. The lowest BCUT2D eigenvalue weighted by Gasteiger charge is -2.10. The summed E-state index contributed by atoms with van der Waals surface area (Å²) in [4.78, 5) is 25.5. The predicted octanol–water partition coefficient (Wildman–Crippen LogP) is 4.22. The summed E-state index contributed by atoms with van der Waals surface area (Å²) in [7, 11) is 0. The third-order valence-electron chi connectivity index (χ3n) is 4.78. The standard InChI is InChI=1S/C23H19N7O/c1-16-25-21(13-22(26-16)30-11-9-24-15-30)27-18-5-7-19(8-6-18)28-23(31)17-12-20-4-2-3-10-29(20)14-17/h2-15H,1H3,(H,28,31)(H,25,26,27). The number of aromatic nitrogens is 5. The van der Waals surface area contributed by atoms with E-state index in [0.717, 1.165) is 17.0 Å². The summed E-state index contributed by atoms with van der Waals surface area (Å²) in [5.41, 5.74) is 3.14. The van der Waals surface area contributed by atoms with Crippen molar-refractivity contribution in [3.05, 3.63) is 97.1 Å². The first-order valence-corrected chi connectivity index (χ1v) is 9.73. The first-order valence-electron chi connectivity index (χ1n) is 9.73. The summed E-state index contributed by atoms with van der Waals surface area (Å²) in [6, 6.07) is 17.0. The maximum atomic E-state index is 12.6. The molecule has 0 aliphatic heterocycles. The zero-order valence-corrected chi connectivity index (χ0v) is 16.7. The molecule has 4 heterocycles. The molecule has 0 aliphatic rings. The molecule has 0 spiro atoms. The molecule has 1 amide bonds. The van der Waals surface area contributed by atoms with Gasteiger partial charge in [-0.05, 0) is 49.4 Å². The summed E-state index contributed by atoms with van der Waals surface area (Å²) in [6.45, 7) is 1.84. The number of rotatable bonds is 5. The lowest BCUT2D eigenvalue weighted by atomic mass is 10.2. The van der Waals surface area contributed by atoms with Gasteiger partial charge < -0.3 is 15.0 Å². The fourth-order valence-electron chi connectivity index (χ4n) is 3.31. The van der Waals surface area contributed by atoms with Crippen molar-refractivity contribution < 1.29 is 4.79 Å². The van der Waals surface area contributed by atoms with Crippen LogP contribution in [0.5, 0.6) is 0 Å². The number of pyridine rings is 1. The number of aryl methyl sites for hydroxylation is 1. The molecule has 5 aromatic rings. The third kappa shape index (κ3) is 3.99. The van der Waals surface area contributed by atoms with Gasteiger partial charge in [0.05, 0.1) is 5.56 Å². The third-order valence-corrected chi connectivity index (χ3v) is 4.78. The monoisotopic (exact) mass is 409 g/mol. The quantitative estimate of drug-likeness (QED) is 0.454. The average Bonchev–Trinajstić information content (AvgIpc) is 3.45. The molecule has 5 rings (SSSR count). The highest BCUT2D eigenvalue weighted by molar-refractivity contribution is 6.05. The van der Waals surface area contributed by atoms with E-state index in [1.165, 1.54) is 0 Å². The highest BCUT2D eigenvalue weighted by Gasteiger charge is 2.09. The Bertz CT molecular complexity index is 1320. The van der Waals surface area contributed by atoms with Crippen LogP contribution in [0, 0.1) is 6.92 Å². The molecule has 0 saturated heterocycles. The number of carbonyl (C=O) groups excluding carboxylic acids is 1. The number of anilines is 3. The van der Waals surface area contributed by atoms with Gasteiger partial charge in [0.2, 0.25) is 0 Å². The molecule has 0 radical (unpaired) electrons. The number of fused-ring (bicyclic) bond motifs is 1. The summed E-state index contributed by atoms with van der Waals surface area (Å²) < 4.78 is 3.74. The van der Waals surface area contributed by atoms with Gasteiger partial charge in [0.25, 0.3) is 5.91 Å². The van der Waals surface area contributed by atoms with Gasteiger partial charge in [0, 0.05) is 47.7 Å². The van der Waals surface area contributed by atoms with Gasteiger partial charge in [-0.2, -0.15) is 0 Å². The van der Waals surface area contributed by atoms with Crippen LogP contribution in [-0.4, -0.2) is 29.8 Å². The molecule has 2 N–H and O–H groups in total. The second kappa shape index (κ2) is 7.75. The number of imidazole rings is 1. The smallest absolute Gasteiger partial charge is 0.257 e. The zero-order chi connectivity index (χ0) is 21.2. The van der Waals surface area contributed by atoms with Crippen LogP contribution >= 0.6 is 0 Å². The first-order chi connectivity index (χ1) is 15.1. The SMILES string of the molecule is Cc1nc(Nc2ccc(NC(=O)c3cc4ccccn4c3)cc2)cc(-n2ccnc2)n1. The fourth-order valence-corrected chi connectivity index (χ4v) is 3.31. The van der Waals surface area contributed by atoms with E-state index in [1.807, 2.05) is 89.1 Å². The van der Waals surface area contributed by atoms with Gasteiger partial charge in [0.15, 0.2) is 0 Å². The van der Waals surface area contributed by atoms with E-state index in [1.54, 1.807) is 12.5 Å². The lowest BCUT2D eigenvalue weighted by Crippen LogP contribution is -2.10. The van der Waals surface area contributed by atoms with Crippen LogP contribution in [0.2, 0.25) is 0 Å².